The van der Waals surface area contributed by atoms with Gasteiger partial charge in [-0.05, 0) is 48.6 Å². The molecule has 26 heavy (non-hydrogen) atoms. The molecule has 3 aromatic heterocycles. The van der Waals surface area contributed by atoms with Crippen LogP contribution in [0.5, 0.6) is 0 Å². The highest BCUT2D eigenvalue weighted by Crippen LogP contribution is 2.32. The number of benzene rings is 1. The first-order chi connectivity index (χ1) is 12.6. The fraction of sp³-hybridized carbons (Fsp3) is 0.150. The van der Waals surface area contributed by atoms with E-state index in [-0.39, 0.29) is 5.78 Å². The monoisotopic (exact) mass is 362 g/mol. The van der Waals surface area contributed by atoms with Crippen molar-refractivity contribution in [3.05, 3.63) is 65.7 Å². The van der Waals surface area contributed by atoms with Gasteiger partial charge in [0.15, 0.2) is 0 Å². The summed E-state index contributed by atoms with van der Waals surface area (Å²) in [6.07, 6.45) is 5.56. The molecule has 0 aliphatic heterocycles. The van der Waals surface area contributed by atoms with Crippen LogP contribution in [0.3, 0.4) is 0 Å². The molecule has 1 N–H and O–H groups in total. The van der Waals surface area contributed by atoms with E-state index in [2.05, 4.69) is 39.5 Å². The normalized spacial score (nSPS) is 11.2. The van der Waals surface area contributed by atoms with Gasteiger partial charge in [0.1, 0.15) is 11.3 Å². The Kier molecular flexibility index (Phi) is 4.12. The number of hydrogen-bond acceptors (Lipinski definition) is 4. The zero-order valence-corrected chi connectivity index (χ0v) is 15.6. The molecule has 5 nitrogen and oxygen atoms in total. The fourth-order valence-corrected chi connectivity index (χ4v) is 3.69. The summed E-state index contributed by atoms with van der Waals surface area (Å²) in [6.45, 7) is 1.88. The summed E-state index contributed by atoms with van der Waals surface area (Å²) in [6, 6.07) is 12.1. The molecule has 0 saturated heterocycles. The highest BCUT2D eigenvalue weighted by molar-refractivity contribution is 7.98. The molecule has 0 spiro atoms. The Labute approximate surface area is 155 Å². The molecule has 0 atom stereocenters. The second kappa shape index (κ2) is 6.46. The minimum Gasteiger partial charge on any atom is -0.345 e. The molecule has 1 aromatic carbocycles. The van der Waals surface area contributed by atoms with Gasteiger partial charge in [0.05, 0.1) is 11.3 Å². The van der Waals surface area contributed by atoms with Crippen molar-refractivity contribution >= 4 is 28.6 Å². The van der Waals surface area contributed by atoms with Gasteiger partial charge in [-0.15, -0.1) is 11.8 Å². The molecule has 6 heteroatoms. The van der Waals surface area contributed by atoms with Crippen molar-refractivity contribution in [2.75, 3.05) is 6.26 Å². The lowest BCUT2D eigenvalue weighted by Gasteiger charge is -2.07. The van der Waals surface area contributed by atoms with Crippen LogP contribution in [0.2, 0.25) is 0 Å². The molecule has 0 radical (unpaired) electrons. The molecule has 0 aliphatic carbocycles. The number of pyridine rings is 1. The molecule has 4 rings (SSSR count). The highest BCUT2D eigenvalue weighted by atomic mass is 32.2. The van der Waals surface area contributed by atoms with E-state index in [0.717, 1.165) is 22.2 Å². The number of rotatable bonds is 4. The second-order valence-corrected chi connectivity index (χ2v) is 7.02. The molecule has 0 bridgehead atoms. The predicted octanol–water partition coefficient (Wildman–Crippen LogP) is 4.22. The molecule has 0 saturated carbocycles. The Morgan fingerprint density at radius 2 is 2.08 bits per heavy atom. The van der Waals surface area contributed by atoms with Gasteiger partial charge in [-0.3, -0.25) is 9.48 Å². The van der Waals surface area contributed by atoms with E-state index in [9.17, 15) is 4.79 Å². The quantitative estimate of drug-likeness (QED) is 0.436. The van der Waals surface area contributed by atoms with Crippen LogP contribution < -0.4 is 0 Å². The molecule has 0 amide bonds. The van der Waals surface area contributed by atoms with Gasteiger partial charge in [0.2, 0.25) is 5.78 Å². The maximum Gasteiger partial charge on any atom is 0.213 e. The Morgan fingerprint density at radius 3 is 2.81 bits per heavy atom. The highest BCUT2D eigenvalue weighted by Gasteiger charge is 2.21. The van der Waals surface area contributed by atoms with Crippen LogP contribution in [0.25, 0.3) is 22.2 Å². The largest absolute Gasteiger partial charge is 0.345 e. The SMILES string of the molecule is CSc1cccc(-c2ccnc3[nH]cc(C(=O)c4cc(C)nn4C)c23)c1. The van der Waals surface area contributed by atoms with Crippen LogP contribution in [0.1, 0.15) is 21.7 Å². The maximum absolute atomic E-state index is 13.1. The van der Waals surface area contributed by atoms with Gasteiger partial charge in [-0.2, -0.15) is 5.10 Å². The number of aromatic amines is 1. The summed E-state index contributed by atoms with van der Waals surface area (Å²) in [7, 11) is 1.79. The van der Waals surface area contributed by atoms with Gasteiger partial charge in [-0.1, -0.05) is 12.1 Å². The first-order valence-corrected chi connectivity index (χ1v) is 9.47. The topological polar surface area (TPSA) is 63.6 Å². The van der Waals surface area contributed by atoms with Gasteiger partial charge >= 0.3 is 0 Å². The van der Waals surface area contributed by atoms with E-state index in [1.54, 1.807) is 35.9 Å². The standard InChI is InChI=1S/C20H18N4OS/c1-12-9-17(24(2)23-12)19(25)16-11-22-20-18(16)15(7-8-21-20)13-5-4-6-14(10-13)26-3/h4-11H,1-3H3,(H,21,22). The number of nitrogens with zero attached hydrogens (tertiary/aromatic N) is 3. The molecular weight excluding hydrogens is 344 g/mol. The number of carbonyl (C=O) groups excluding carboxylic acids is 1. The van der Waals surface area contributed by atoms with Gasteiger partial charge in [0.25, 0.3) is 0 Å². The molecule has 0 fully saturated rings. The van der Waals surface area contributed by atoms with Gasteiger partial charge in [-0.25, -0.2) is 4.98 Å². The predicted molar refractivity (Wildman–Crippen MR) is 105 cm³/mol. The minimum absolute atomic E-state index is 0.0605. The summed E-state index contributed by atoms with van der Waals surface area (Å²) in [5, 5.41) is 5.13. The number of hydrogen-bond donors (Lipinski definition) is 1. The lowest BCUT2D eigenvalue weighted by molar-refractivity contribution is 0.103. The number of fused-ring (bicyclic) bond motifs is 1. The Hall–Kier alpha value is -2.86. The fourth-order valence-electron chi connectivity index (χ4n) is 3.23. The van der Waals surface area contributed by atoms with Crippen molar-refractivity contribution in [1.82, 2.24) is 19.7 Å². The Morgan fingerprint density at radius 1 is 1.23 bits per heavy atom. The van der Waals surface area contributed by atoms with Crippen molar-refractivity contribution in [2.24, 2.45) is 7.05 Å². The van der Waals surface area contributed by atoms with Crippen molar-refractivity contribution in [2.45, 2.75) is 11.8 Å². The number of nitrogens with one attached hydrogen (secondary N) is 1. The molecule has 3 heterocycles. The third-order valence-electron chi connectivity index (χ3n) is 4.43. The number of aryl methyl sites for hydroxylation is 2. The van der Waals surface area contributed by atoms with Crippen LogP contribution in [0, 0.1) is 6.92 Å². The summed E-state index contributed by atoms with van der Waals surface area (Å²) in [4.78, 5) is 21.9. The smallest absolute Gasteiger partial charge is 0.213 e. The van der Waals surface area contributed by atoms with E-state index in [1.807, 2.05) is 25.1 Å². The van der Waals surface area contributed by atoms with Crippen molar-refractivity contribution < 1.29 is 4.79 Å². The molecule has 4 aromatic rings. The third kappa shape index (κ3) is 2.72. The number of ketones is 1. The Bertz CT molecular complexity index is 1130. The van der Waals surface area contributed by atoms with E-state index in [4.69, 9.17) is 0 Å². The molecule has 130 valence electrons. The second-order valence-electron chi connectivity index (χ2n) is 6.14. The van der Waals surface area contributed by atoms with Gasteiger partial charge in [0, 0.05) is 29.7 Å². The summed E-state index contributed by atoms with van der Waals surface area (Å²) in [5.41, 5.74) is 4.77. The van der Waals surface area contributed by atoms with Gasteiger partial charge < -0.3 is 4.98 Å². The Balaban J connectivity index is 1.92. The van der Waals surface area contributed by atoms with Crippen molar-refractivity contribution in [3.63, 3.8) is 0 Å². The van der Waals surface area contributed by atoms with Crippen LogP contribution >= 0.6 is 11.8 Å². The third-order valence-corrected chi connectivity index (χ3v) is 5.16. The van der Waals surface area contributed by atoms with Crippen LogP contribution in [-0.4, -0.2) is 31.8 Å². The van der Waals surface area contributed by atoms with Crippen LogP contribution in [0.4, 0.5) is 0 Å². The molecule has 0 aliphatic rings. The van der Waals surface area contributed by atoms with E-state index >= 15 is 0 Å². The summed E-state index contributed by atoms with van der Waals surface area (Å²) in [5.74, 6) is -0.0605. The van der Waals surface area contributed by atoms with Crippen LogP contribution in [0.15, 0.2) is 53.7 Å². The summed E-state index contributed by atoms with van der Waals surface area (Å²) >= 11 is 1.70. The van der Waals surface area contributed by atoms with E-state index < -0.39 is 0 Å². The number of thioether (sulfide) groups is 1. The molecule has 0 unspecified atom stereocenters. The van der Waals surface area contributed by atoms with Crippen molar-refractivity contribution in [1.29, 1.82) is 0 Å². The zero-order chi connectivity index (χ0) is 18.3. The lowest BCUT2D eigenvalue weighted by atomic mass is 9.99. The zero-order valence-electron chi connectivity index (χ0n) is 14.8. The van der Waals surface area contributed by atoms with Crippen molar-refractivity contribution in [3.8, 4) is 11.1 Å². The average molecular weight is 362 g/mol. The first-order valence-electron chi connectivity index (χ1n) is 8.24. The molecular formula is C20H18N4OS. The minimum atomic E-state index is -0.0605. The average Bonchev–Trinajstić information content (AvgIpc) is 3.23. The maximum atomic E-state index is 13.1. The van der Waals surface area contributed by atoms with E-state index in [0.29, 0.717) is 16.9 Å². The summed E-state index contributed by atoms with van der Waals surface area (Å²) < 4.78 is 1.63. The first kappa shape index (κ1) is 16.6. The number of H-pyrrole nitrogens is 1. The number of aromatic nitrogens is 4. The van der Waals surface area contributed by atoms with E-state index in [1.165, 1.54) is 4.90 Å². The number of carbonyl (C=O) groups is 1. The lowest BCUT2D eigenvalue weighted by Crippen LogP contribution is -2.08. The van der Waals surface area contributed by atoms with Crippen LogP contribution in [-0.2, 0) is 7.05 Å².